The van der Waals surface area contributed by atoms with Crippen LogP contribution in [-0.2, 0) is 9.53 Å². The molecule has 0 saturated carbocycles. The topological polar surface area (TPSA) is 32.8 Å². The molecule has 0 saturated heterocycles. The first kappa shape index (κ1) is 12.7. The predicted molar refractivity (Wildman–Crippen MR) is 72.9 cm³/mol. The highest BCUT2D eigenvalue weighted by atomic mass is 16.5. The number of esters is 1. The molecular weight excluding hydrogens is 228 g/mol. The number of hydrogen-bond donors (Lipinski definition) is 0. The van der Waals surface area contributed by atoms with Crippen LogP contribution in [0.2, 0.25) is 0 Å². The van der Waals surface area contributed by atoms with Crippen molar-refractivity contribution in [3.8, 4) is 0 Å². The number of benzene rings is 1. The van der Waals surface area contributed by atoms with Crippen molar-refractivity contribution < 1.29 is 9.53 Å². The van der Waals surface area contributed by atoms with E-state index in [-0.39, 0.29) is 5.97 Å². The van der Waals surface area contributed by atoms with Crippen LogP contribution in [0.1, 0.15) is 20.8 Å². The summed E-state index contributed by atoms with van der Waals surface area (Å²) in [6.45, 7) is 7.64. The van der Waals surface area contributed by atoms with Crippen molar-refractivity contribution in [3.63, 3.8) is 0 Å². The number of carbonyl (C=O) groups excluding carboxylic acids is 1. The highest BCUT2D eigenvalue weighted by Gasteiger charge is 2.28. The number of ether oxygens (including phenoxy) is 1. The fourth-order valence-corrected chi connectivity index (χ4v) is 2.25. The molecule has 18 heavy (non-hydrogen) atoms. The molecule has 0 amide bonds. The van der Waals surface area contributed by atoms with Gasteiger partial charge in [-0.15, -0.1) is 0 Å². The Labute approximate surface area is 108 Å². The SMILES string of the molecule is CCOC(=O)CN1CN(C(C)C)c2ccccc21. The second-order valence-corrected chi connectivity index (χ2v) is 4.70. The Balaban J connectivity index is 2.18. The Morgan fingerprint density at radius 2 is 2.00 bits per heavy atom. The van der Waals surface area contributed by atoms with Crippen LogP contribution in [0.4, 0.5) is 11.4 Å². The number of anilines is 2. The van der Waals surface area contributed by atoms with E-state index in [1.54, 1.807) is 0 Å². The molecule has 2 rings (SSSR count). The number of rotatable bonds is 4. The maximum absolute atomic E-state index is 11.6. The minimum absolute atomic E-state index is 0.169. The van der Waals surface area contributed by atoms with Crippen molar-refractivity contribution in [3.05, 3.63) is 24.3 Å². The highest BCUT2D eigenvalue weighted by Crippen LogP contribution is 2.36. The predicted octanol–water partition coefficient (Wildman–Crippen LogP) is 2.24. The first-order chi connectivity index (χ1) is 8.63. The van der Waals surface area contributed by atoms with E-state index in [9.17, 15) is 4.79 Å². The van der Waals surface area contributed by atoms with Crippen LogP contribution < -0.4 is 9.80 Å². The van der Waals surface area contributed by atoms with E-state index >= 15 is 0 Å². The van der Waals surface area contributed by atoms with E-state index in [2.05, 4.69) is 35.8 Å². The van der Waals surface area contributed by atoms with E-state index in [0.29, 0.717) is 19.2 Å². The third kappa shape index (κ3) is 2.42. The van der Waals surface area contributed by atoms with Crippen molar-refractivity contribution in [2.24, 2.45) is 0 Å². The van der Waals surface area contributed by atoms with Crippen molar-refractivity contribution in [1.82, 2.24) is 0 Å². The standard InChI is InChI=1S/C14H20N2O2/c1-4-18-14(17)9-15-10-16(11(2)3)13-8-6-5-7-12(13)15/h5-8,11H,4,9-10H2,1-3H3. The summed E-state index contributed by atoms with van der Waals surface area (Å²) in [7, 11) is 0. The molecule has 0 bridgehead atoms. The first-order valence-electron chi connectivity index (χ1n) is 6.39. The van der Waals surface area contributed by atoms with E-state index in [1.807, 2.05) is 19.1 Å². The van der Waals surface area contributed by atoms with Gasteiger partial charge in [0, 0.05) is 6.04 Å². The van der Waals surface area contributed by atoms with Crippen molar-refractivity contribution in [2.45, 2.75) is 26.8 Å². The molecule has 0 atom stereocenters. The van der Waals surface area contributed by atoms with E-state index in [4.69, 9.17) is 4.74 Å². The third-order valence-corrected chi connectivity index (χ3v) is 3.10. The minimum Gasteiger partial charge on any atom is -0.465 e. The maximum atomic E-state index is 11.6. The Morgan fingerprint density at radius 1 is 1.33 bits per heavy atom. The van der Waals surface area contributed by atoms with E-state index in [1.165, 1.54) is 5.69 Å². The van der Waals surface area contributed by atoms with Crippen LogP contribution >= 0.6 is 0 Å². The molecule has 4 heteroatoms. The van der Waals surface area contributed by atoms with E-state index < -0.39 is 0 Å². The largest absolute Gasteiger partial charge is 0.465 e. The second-order valence-electron chi connectivity index (χ2n) is 4.70. The number of hydrogen-bond acceptors (Lipinski definition) is 4. The van der Waals surface area contributed by atoms with Gasteiger partial charge in [0.25, 0.3) is 0 Å². The molecular formula is C14H20N2O2. The molecule has 0 unspecified atom stereocenters. The van der Waals surface area contributed by atoms with E-state index in [0.717, 1.165) is 12.4 Å². The van der Waals surface area contributed by atoms with Crippen LogP contribution in [0.3, 0.4) is 0 Å². The maximum Gasteiger partial charge on any atom is 0.325 e. The highest BCUT2D eigenvalue weighted by molar-refractivity contribution is 5.83. The fraction of sp³-hybridized carbons (Fsp3) is 0.500. The minimum atomic E-state index is -0.169. The average Bonchev–Trinajstić information content (AvgIpc) is 2.69. The molecule has 0 N–H and O–H groups in total. The summed E-state index contributed by atoms with van der Waals surface area (Å²) in [4.78, 5) is 16.0. The monoisotopic (exact) mass is 248 g/mol. The summed E-state index contributed by atoms with van der Waals surface area (Å²) in [6, 6.07) is 8.60. The van der Waals surface area contributed by atoms with Gasteiger partial charge in [0.1, 0.15) is 6.54 Å². The van der Waals surface area contributed by atoms with Gasteiger partial charge in [-0.25, -0.2) is 0 Å². The normalized spacial score (nSPS) is 14.0. The summed E-state index contributed by atoms with van der Waals surface area (Å²) in [5.41, 5.74) is 2.30. The zero-order valence-electron chi connectivity index (χ0n) is 11.2. The Kier molecular flexibility index (Phi) is 3.75. The Morgan fingerprint density at radius 3 is 2.61 bits per heavy atom. The lowest BCUT2D eigenvalue weighted by molar-refractivity contribution is -0.141. The quantitative estimate of drug-likeness (QED) is 0.765. The van der Waals surface area contributed by atoms with Crippen LogP contribution in [-0.4, -0.2) is 31.8 Å². The molecule has 1 aliphatic heterocycles. The summed E-state index contributed by atoms with van der Waals surface area (Å²) in [5, 5.41) is 0. The molecule has 0 spiro atoms. The summed E-state index contributed by atoms with van der Waals surface area (Å²) >= 11 is 0. The van der Waals surface area contributed by atoms with Gasteiger partial charge in [0.05, 0.1) is 24.7 Å². The van der Waals surface area contributed by atoms with Gasteiger partial charge in [-0.3, -0.25) is 4.79 Å². The third-order valence-electron chi connectivity index (χ3n) is 3.10. The fourth-order valence-electron chi connectivity index (χ4n) is 2.25. The summed E-state index contributed by atoms with van der Waals surface area (Å²) in [6.07, 6.45) is 0. The first-order valence-corrected chi connectivity index (χ1v) is 6.39. The van der Waals surface area contributed by atoms with Crippen LogP contribution in [0, 0.1) is 0 Å². The summed E-state index contributed by atoms with van der Waals surface area (Å²) < 4.78 is 5.02. The molecule has 1 aromatic rings. The van der Waals surface area contributed by atoms with Gasteiger partial charge in [-0.05, 0) is 32.9 Å². The summed E-state index contributed by atoms with van der Waals surface area (Å²) in [5.74, 6) is -0.169. The molecule has 4 nitrogen and oxygen atoms in total. The van der Waals surface area contributed by atoms with Crippen LogP contribution in [0.15, 0.2) is 24.3 Å². The number of fused-ring (bicyclic) bond motifs is 1. The lowest BCUT2D eigenvalue weighted by Crippen LogP contribution is -2.38. The number of nitrogens with zero attached hydrogens (tertiary/aromatic N) is 2. The number of carbonyl (C=O) groups is 1. The van der Waals surface area contributed by atoms with Gasteiger partial charge in [0.2, 0.25) is 0 Å². The smallest absolute Gasteiger partial charge is 0.325 e. The van der Waals surface area contributed by atoms with Crippen molar-refractivity contribution in [2.75, 3.05) is 29.6 Å². The second kappa shape index (κ2) is 5.29. The number of para-hydroxylation sites is 2. The Hall–Kier alpha value is -1.71. The average molecular weight is 248 g/mol. The Bertz CT molecular complexity index is 432. The van der Waals surface area contributed by atoms with Crippen LogP contribution in [0.5, 0.6) is 0 Å². The molecule has 1 aromatic carbocycles. The molecule has 0 radical (unpaired) electrons. The van der Waals surface area contributed by atoms with Gasteiger partial charge in [-0.1, -0.05) is 12.1 Å². The molecule has 1 aliphatic rings. The van der Waals surface area contributed by atoms with Gasteiger partial charge in [-0.2, -0.15) is 0 Å². The lowest BCUT2D eigenvalue weighted by Gasteiger charge is -2.24. The molecule has 1 heterocycles. The molecule has 98 valence electrons. The van der Waals surface area contributed by atoms with Gasteiger partial charge in [0.15, 0.2) is 0 Å². The molecule has 0 aliphatic carbocycles. The molecule has 0 aromatic heterocycles. The van der Waals surface area contributed by atoms with Crippen molar-refractivity contribution >= 4 is 17.3 Å². The van der Waals surface area contributed by atoms with Gasteiger partial charge < -0.3 is 14.5 Å². The molecule has 0 fully saturated rings. The lowest BCUT2D eigenvalue weighted by atomic mass is 10.2. The van der Waals surface area contributed by atoms with Gasteiger partial charge >= 0.3 is 5.97 Å². The zero-order valence-corrected chi connectivity index (χ0v) is 11.2. The zero-order chi connectivity index (χ0) is 13.1. The van der Waals surface area contributed by atoms with Crippen molar-refractivity contribution in [1.29, 1.82) is 0 Å². The van der Waals surface area contributed by atoms with Crippen LogP contribution in [0.25, 0.3) is 0 Å².